The van der Waals surface area contributed by atoms with Gasteiger partial charge in [0.05, 0.1) is 6.42 Å². The summed E-state index contributed by atoms with van der Waals surface area (Å²) in [5.74, 6) is -2.24. The van der Waals surface area contributed by atoms with Gasteiger partial charge < -0.3 is 34.9 Å². The van der Waals surface area contributed by atoms with Crippen LogP contribution in [-0.2, 0) is 53.2 Å². The van der Waals surface area contributed by atoms with Crippen LogP contribution in [0.25, 0.3) is 0 Å². The first-order valence-corrected chi connectivity index (χ1v) is 16.1. The molecule has 0 unspecified atom stereocenters. The lowest BCUT2D eigenvalue weighted by atomic mass is 10.1. The largest absolute Gasteiger partial charge is 0.461 e. The minimum atomic E-state index is -1.41. The van der Waals surface area contributed by atoms with Gasteiger partial charge in [0, 0.05) is 6.54 Å². The van der Waals surface area contributed by atoms with Crippen LogP contribution in [0.15, 0.2) is 91.0 Å². The molecule has 0 bridgehead atoms. The number of carbonyl (C=O) groups excluding carboxylic acids is 5. The molecule has 12 nitrogen and oxygen atoms in total. The van der Waals surface area contributed by atoms with Crippen LogP contribution in [0.5, 0.6) is 0 Å². The lowest BCUT2D eigenvalue weighted by Crippen LogP contribution is -2.53. The molecule has 0 radical (unpaired) electrons. The molecule has 2 atom stereocenters. The van der Waals surface area contributed by atoms with Crippen molar-refractivity contribution in [3.63, 3.8) is 0 Å². The van der Waals surface area contributed by atoms with Gasteiger partial charge in [-0.15, -0.1) is 0 Å². The van der Waals surface area contributed by atoms with Crippen molar-refractivity contribution in [3.05, 3.63) is 108 Å². The second-order valence-corrected chi connectivity index (χ2v) is 12.2. The Morgan fingerprint density at radius 1 is 0.612 bits per heavy atom. The summed E-state index contributed by atoms with van der Waals surface area (Å²) in [5, 5.41) is 7.73. The minimum absolute atomic E-state index is 0.0216. The van der Waals surface area contributed by atoms with Crippen molar-refractivity contribution in [2.45, 2.75) is 84.0 Å². The van der Waals surface area contributed by atoms with Gasteiger partial charge >= 0.3 is 24.1 Å². The van der Waals surface area contributed by atoms with Crippen LogP contribution in [0.4, 0.5) is 9.59 Å². The van der Waals surface area contributed by atoms with Crippen molar-refractivity contribution in [1.82, 2.24) is 16.0 Å². The van der Waals surface area contributed by atoms with Crippen molar-refractivity contribution >= 4 is 30.0 Å². The molecule has 262 valence electrons. The lowest BCUT2D eigenvalue weighted by Gasteiger charge is -2.25. The van der Waals surface area contributed by atoms with Gasteiger partial charge in [-0.25, -0.2) is 14.4 Å². The summed E-state index contributed by atoms with van der Waals surface area (Å²) in [5.41, 5.74) is 1.49. The van der Waals surface area contributed by atoms with Crippen LogP contribution in [0.1, 0.15) is 63.1 Å². The van der Waals surface area contributed by atoms with E-state index in [0.717, 1.165) is 16.7 Å². The van der Waals surface area contributed by atoms with Gasteiger partial charge in [-0.05, 0) is 56.7 Å². The molecule has 0 aliphatic carbocycles. The molecular formula is C37H45N3O9. The molecule has 3 N–H and O–H groups in total. The maximum Gasteiger partial charge on any atom is 0.408 e. The zero-order chi connectivity index (χ0) is 35.5. The number of carbonyl (C=O) groups is 5. The Kier molecular flexibility index (Phi) is 15.6. The summed E-state index contributed by atoms with van der Waals surface area (Å²) >= 11 is 0. The minimum Gasteiger partial charge on any atom is -0.461 e. The molecule has 0 aliphatic rings. The third-order valence-corrected chi connectivity index (χ3v) is 6.85. The number of hydrogen-bond acceptors (Lipinski definition) is 9. The Hall–Kier alpha value is -5.39. The van der Waals surface area contributed by atoms with E-state index in [9.17, 15) is 24.0 Å². The number of rotatable bonds is 17. The number of unbranched alkanes of at least 4 members (excludes halogenated alkanes) is 1. The summed E-state index contributed by atoms with van der Waals surface area (Å²) < 4.78 is 21.4. The van der Waals surface area contributed by atoms with Gasteiger partial charge in [0.15, 0.2) is 0 Å². The molecule has 0 spiro atoms. The van der Waals surface area contributed by atoms with Crippen molar-refractivity contribution in [2.75, 3.05) is 6.54 Å². The fourth-order valence-corrected chi connectivity index (χ4v) is 4.41. The molecule has 0 saturated heterocycles. The zero-order valence-corrected chi connectivity index (χ0v) is 28.1. The van der Waals surface area contributed by atoms with E-state index in [4.69, 9.17) is 18.9 Å². The van der Waals surface area contributed by atoms with Crippen molar-refractivity contribution in [3.8, 4) is 0 Å². The average Bonchev–Trinajstić information content (AvgIpc) is 3.08. The Balaban J connectivity index is 1.61. The maximum atomic E-state index is 13.5. The second-order valence-electron chi connectivity index (χ2n) is 12.2. The van der Waals surface area contributed by atoms with Crippen LogP contribution in [0.2, 0.25) is 0 Å². The fraction of sp³-hybridized carbons (Fsp3) is 0.378. The predicted octanol–water partition coefficient (Wildman–Crippen LogP) is 5.34. The molecule has 0 aromatic heterocycles. The van der Waals surface area contributed by atoms with Crippen molar-refractivity contribution in [2.24, 2.45) is 0 Å². The number of nitrogens with one attached hydrogen (secondary N) is 3. The quantitative estimate of drug-likeness (QED) is 0.0976. The summed E-state index contributed by atoms with van der Waals surface area (Å²) in [6.45, 7) is 5.33. The topological polar surface area (TPSA) is 158 Å². The first-order valence-electron chi connectivity index (χ1n) is 16.1. The summed E-state index contributed by atoms with van der Waals surface area (Å²) in [4.78, 5) is 64.3. The van der Waals surface area contributed by atoms with Gasteiger partial charge in [-0.1, -0.05) is 91.0 Å². The highest BCUT2D eigenvalue weighted by atomic mass is 16.6. The van der Waals surface area contributed by atoms with Crippen LogP contribution in [0, 0.1) is 0 Å². The Morgan fingerprint density at radius 2 is 1.12 bits per heavy atom. The molecule has 0 fully saturated rings. The second kappa shape index (κ2) is 20.1. The van der Waals surface area contributed by atoms with Crippen molar-refractivity contribution in [1.29, 1.82) is 0 Å². The molecule has 12 heteroatoms. The normalized spacial score (nSPS) is 12.1. The van der Waals surface area contributed by atoms with Gasteiger partial charge in [0.25, 0.3) is 0 Å². The molecule has 0 saturated carbocycles. The highest BCUT2D eigenvalue weighted by Crippen LogP contribution is 2.11. The average molecular weight is 676 g/mol. The molecular weight excluding hydrogens is 630 g/mol. The van der Waals surface area contributed by atoms with Crippen molar-refractivity contribution < 1.29 is 42.9 Å². The van der Waals surface area contributed by atoms with E-state index in [1.54, 1.807) is 57.2 Å². The van der Waals surface area contributed by atoms with E-state index >= 15 is 0 Å². The molecule has 3 rings (SSSR count). The van der Waals surface area contributed by atoms with E-state index in [-0.39, 0.29) is 32.8 Å². The first-order chi connectivity index (χ1) is 23.5. The van der Waals surface area contributed by atoms with Crippen LogP contribution < -0.4 is 16.0 Å². The third-order valence-electron chi connectivity index (χ3n) is 6.85. The van der Waals surface area contributed by atoms with Crippen LogP contribution in [0.3, 0.4) is 0 Å². The maximum absolute atomic E-state index is 13.5. The number of benzene rings is 3. The molecule has 0 aliphatic heterocycles. The van der Waals surface area contributed by atoms with Gasteiger partial charge in [0.2, 0.25) is 5.91 Å². The molecule has 3 aromatic rings. The molecule has 3 amide bonds. The third kappa shape index (κ3) is 15.8. The highest BCUT2D eigenvalue weighted by molar-refractivity contribution is 5.92. The van der Waals surface area contributed by atoms with Crippen LogP contribution in [-0.4, -0.2) is 54.3 Å². The molecule has 49 heavy (non-hydrogen) atoms. The number of alkyl carbamates (subject to hydrolysis) is 2. The summed E-state index contributed by atoms with van der Waals surface area (Å²) in [6.07, 6.45) is -0.989. The number of ether oxygens (including phenoxy) is 4. The Morgan fingerprint density at radius 3 is 1.65 bits per heavy atom. The molecule has 0 heterocycles. The first kappa shape index (κ1) is 38.1. The van der Waals surface area contributed by atoms with Crippen LogP contribution >= 0.6 is 0 Å². The Bertz CT molecular complexity index is 1480. The lowest BCUT2D eigenvalue weighted by molar-refractivity contribution is -0.150. The highest BCUT2D eigenvalue weighted by Gasteiger charge is 2.31. The van der Waals surface area contributed by atoms with Gasteiger partial charge in [0.1, 0.15) is 37.5 Å². The van der Waals surface area contributed by atoms with E-state index in [1.165, 1.54) is 0 Å². The summed E-state index contributed by atoms with van der Waals surface area (Å²) in [7, 11) is 0. The monoisotopic (exact) mass is 675 g/mol. The fourth-order valence-electron chi connectivity index (χ4n) is 4.41. The number of amides is 3. The summed E-state index contributed by atoms with van der Waals surface area (Å²) in [6, 6.07) is 24.8. The number of esters is 2. The number of hydrogen-bond donors (Lipinski definition) is 3. The zero-order valence-electron chi connectivity index (χ0n) is 28.1. The smallest absolute Gasteiger partial charge is 0.408 e. The van der Waals surface area contributed by atoms with Gasteiger partial charge in [-0.2, -0.15) is 0 Å². The SMILES string of the molecule is CC(C)(C)OC(=O)N[C@@H](CC(=O)OCc1ccccc1)C(=O)N[C@@H](CCCCNC(=O)OCc1ccccc1)C(=O)OCc1ccccc1. The van der Waals surface area contributed by atoms with E-state index in [1.807, 2.05) is 54.6 Å². The van der Waals surface area contributed by atoms with Gasteiger partial charge in [-0.3, -0.25) is 9.59 Å². The Labute approximate surface area is 286 Å². The van der Waals surface area contributed by atoms with E-state index in [0.29, 0.717) is 12.8 Å². The standard InChI is InChI=1S/C37H45N3O9/c1-37(2,3)49-36(45)40-31(23-32(41)46-24-27-15-7-4-8-16-27)33(42)39-30(34(43)47-25-28-17-9-5-10-18-28)21-13-14-22-38-35(44)48-26-29-19-11-6-12-20-29/h4-12,15-20,30-31H,13-14,21-26H2,1-3H3,(H,38,44)(H,39,42)(H,40,45)/t30-,31-/m0/s1. The van der Waals surface area contributed by atoms with E-state index in [2.05, 4.69) is 16.0 Å². The van der Waals surface area contributed by atoms with E-state index < -0.39 is 54.1 Å². The molecule has 3 aromatic carbocycles. The predicted molar refractivity (Wildman–Crippen MR) is 181 cm³/mol.